The average Bonchev–Trinajstić information content (AvgIpc) is 2.65. The lowest BCUT2D eigenvalue weighted by atomic mass is 10.2. The zero-order valence-electron chi connectivity index (χ0n) is 14.3. The van der Waals surface area contributed by atoms with Crippen LogP contribution in [0.4, 0.5) is 24.7 Å². The van der Waals surface area contributed by atoms with Gasteiger partial charge >= 0.3 is 6.18 Å². The molecule has 0 unspecified atom stereocenters. The number of fused-ring (bicyclic) bond motifs is 1. The number of benzene rings is 2. The van der Waals surface area contributed by atoms with Gasteiger partial charge in [0.15, 0.2) is 11.5 Å². The fourth-order valence-electron chi connectivity index (χ4n) is 2.60. The maximum absolute atomic E-state index is 13.2. The van der Waals surface area contributed by atoms with Crippen molar-refractivity contribution in [3.8, 4) is 11.5 Å². The van der Waals surface area contributed by atoms with Gasteiger partial charge in [-0.15, -0.1) is 0 Å². The SMILES string of the molecule is COc1ccc(N(C)c2nc(C(F)(F)F)nc3ccccc23)cc1OC. The van der Waals surface area contributed by atoms with E-state index in [-0.39, 0.29) is 11.3 Å². The molecule has 0 atom stereocenters. The van der Waals surface area contributed by atoms with E-state index in [1.165, 1.54) is 20.3 Å². The lowest BCUT2D eigenvalue weighted by Crippen LogP contribution is -2.17. The molecule has 0 saturated carbocycles. The molecule has 0 spiro atoms. The molecule has 1 aromatic heterocycles. The van der Waals surface area contributed by atoms with Crippen LogP contribution in [-0.2, 0) is 6.18 Å². The third kappa shape index (κ3) is 3.22. The number of halogens is 3. The second kappa shape index (κ2) is 6.70. The summed E-state index contributed by atoms with van der Waals surface area (Å²) in [6, 6.07) is 11.6. The maximum atomic E-state index is 13.2. The van der Waals surface area contributed by atoms with E-state index in [1.807, 2.05) is 0 Å². The van der Waals surface area contributed by atoms with Crippen LogP contribution in [0.3, 0.4) is 0 Å². The lowest BCUT2D eigenvalue weighted by molar-refractivity contribution is -0.144. The largest absolute Gasteiger partial charge is 0.493 e. The molecule has 26 heavy (non-hydrogen) atoms. The van der Waals surface area contributed by atoms with Crippen LogP contribution in [0.5, 0.6) is 11.5 Å². The van der Waals surface area contributed by atoms with E-state index in [4.69, 9.17) is 9.47 Å². The molecule has 1 heterocycles. The van der Waals surface area contributed by atoms with Crippen LogP contribution < -0.4 is 14.4 Å². The first-order valence-electron chi connectivity index (χ1n) is 7.65. The van der Waals surface area contributed by atoms with Gasteiger partial charge in [0.2, 0.25) is 5.82 Å². The summed E-state index contributed by atoms with van der Waals surface area (Å²) in [5.74, 6) is -0.0481. The number of nitrogens with zero attached hydrogens (tertiary/aromatic N) is 3. The average molecular weight is 363 g/mol. The van der Waals surface area contributed by atoms with Crippen LogP contribution in [0, 0.1) is 0 Å². The monoisotopic (exact) mass is 363 g/mol. The van der Waals surface area contributed by atoms with E-state index in [2.05, 4.69) is 9.97 Å². The number of aromatic nitrogens is 2. The smallest absolute Gasteiger partial charge is 0.451 e. The van der Waals surface area contributed by atoms with Crippen LogP contribution in [0.2, 0.25) is 0 Å². The van der Waals surface area contributed by atoms with Crippen molar-refractivity contribution in [2.24, 2.45) is 0 Å². The molecule has 0 amide bonds. The van der Waals surface area contributed by atoms with Crippen molar-refractivity contribution in [2.45, 2.75) is 6.18 Å². The third-order valence-electron chi connectivity index (χ3n) is 3.91. The van der Waals surface area contributed by atoms with Gasteiger partial charge in [0.05, 0.1) is 19.7 Å². The van der Waals surface area contributed by atoms with Crippen molar-refractivity contribution in [3.63, 3.8) is 0 Å². The predicted molar refractivity (Wildman–Crippen MR) is 92.1 cm³/mol. The lowest BCUT2D eigenvalue weighted by Gasteiger charge is -2.22. The zero-order chi connectivity index (χ0) is 18.9. The predicted octanol–water partition coefficient (Wildman–Crippen LogP) is 4.43. The molecule has 0 aliphatic heterocycles. The number of alkyl halides is 3. The summed E-state index contributed by atoms with van der Waals surface area (Å²) in [6.07, 6.45) is -4.64. The summed E-state index contributed by atoms with van der Waals surface area (Å²) in [5.41, 5.74) is 0.816. The van der Waals surface area contributed by atoms with E-state index < -0.39 is 12.0 Å². The second-order valence-electron chi connectivity index (χ2n) is 5.48. The maximum Gasteiger partial charge on any atom is 0.451 e. The molecule has 0 saturated heterocycles. The van der Waals surface area contributed by atoms with Crippen molar-refractivity contribution in [3.05, 3.63) is 48.3 Å². The highest BCUT2D eigenvalue weighted by atomic mass is 19.4. The summed E-state index contributed by atoms with van der Waals surface area (Å²) in [7, 11) is 4.63. The number of hydrogen-bond donors (Lipinski definition) is 0. The highest BCUT2D eigenvalue weighted by molar-refractivity contribution is 5.91. The van der Waals surface area contributed by atoms with Crippen LogP contribution in [0.25, 0.3) is 10.9 Å². The molecule has 0 fully saturated rings. The van der Waals surface area contributed by atoms with Crippen molar-refractivity contribution in [2.75, 3.05) is 26.2 Å². The molecular formula is C18H16F3N3O2. The fraction of sp³-hybridized carbons (Fsp3) is 0.222. The Morgan fingerprint density at radius 2 is 1.62 bits per heavy atom. The summed E-state index contributed by atoms with van der Waals surface area (Å²) in [5, 5.41) is 0.512. The van der Waals surface area contributed by atoms with E-state index in [0.29, 0.717) is 22.6 Å². The van der Waals surface area contributed by atoms with Crippen LogP contribution >= 0.6 is 0 Å². The number of anilines is 2. The van der Waals surface area contributed by atoms with E-state index in [0.717, 1.165) is 0 Å². The zero-order valence-corrected chi connectivity index (χ0v) is 14.3. The van der Waals surface area contributed by atoms with Gasteiger partial charge in [-0.1, -0.05) is 12.1 Å². The molecule has 0 radical (unpaired) electrons. The first kappa shape index (κ1) is 17.8. The van der Waals surface area contributed by atoms with Gasteiger partial charge in [0, 0.05) is 24.2 Å². The topological polar surface area (TPSA) is 47.5 Å². The summed E-state index contributed by atoms with van der Waals surface area (Å²) >= 11 is 0. The second-order valence-corrected chi connectivity index (χ2v) is 5.48. The quantitative estimate of drug-likeness (QED) is 0.686. The molecule has 136 valence electrons. The van der Waals surface area contributed by atoms with Gasteiger partial charge in [-0.25, -0.2) is 9.97 Å². The van der Waals surface area contributed by atoms with E-state index in [9.17, 15) is 13.2 Å². The van der Waals surface area contributed by atoms with Gasteiger partial charge < -0.3 is 14.4 Å². The van der Waals surface area contributed by atoms with Crippen molar-refractivity contribution in [1.29, 1.82) is 0 Å². The van der Waals surface area contributed by atoms with E-state index >= 15 is 0 Å². The molecule has 0 aliphatic carbocycles. The molecule has 2 aromatic carbocycles. The van der Waals surface area contributed by atoms with E-state index in [1.54, 1.807) is 48.3 Å². The van der Waals surface area contributed by atoms with Gasteiger partial charge in [0.25, 0.3) is 0 Å². The Morgan fingerprint density at radius 3 is 2.27 bits per heavy atom. The fourth-order valence-corrected chi connectivity index (χ4v) is 2.60. The first-order valence-corrected chi connectivity index (χ1v) is 7.65. The standard InChI is InChI=1S/C18H16F3N3O2/c1-24(11-8-9-14(25-2)15(10-11)26-3)16-12-6-4-5-7-13(12)22-17(23-16)18(19,20)21/h4-10H,1-3H3. The van der Waals surface area contributed by atoms with Crippen LogP contribution in [-0.4, -0.2) is 31.2 Å². The van der Waals surface area contributed by atoms with Crippen LogP contribution in [0.1, 0.15) is 5.82 Å². The van der Waals surface area contributed by atoms with Gasteiger partial charge in [-0.2, -0.15) is 13.2 Å². The van der Waals surface area contributed by atoms with Gasteiger partial charge in [0.1, 0.15) is 5.82 Å². The minimum absolute atomic E-state index is 0.148. The minimum atomic E-state index is -4.64. The van der Waals surface area contributed by atoms with Crippen LogP contribution in [0.15, 0.2) is 42.5 Å². The first-order chi connectivity index (χ1) is 12.3. The van der Waals surface area contributed by atoms with Crippen molar-refractivity contribution < 1.29 is 22.6 Å². The summed E-state index contributed by atoms with van der Waals surface area (Å²) < 4.78 is 50.1. The normalized spacial score (nSPS) is 11.5. The van der Waals surface area contributed by atoms with Gasteiger partial charge in [-0.3, -0.25) is 0 Å². The number of hydrogen-bond acceptors (Lipinski definition) is 5. The molecule has 8 heteroatoms. The number of para-hydroxylation sites is 1. The molecule has 0 bridgehead atoms. The Balaban J connectivity index is 2.17. The number of rotatable bonds is 4. The number of ether oxygens (including phenoxy) is 2. The Hall–Kier alpha value is -3.03. The Morgan fingerprint density at radius 1 is 0.923 bits per heavy atom. The summed E-state index contributed by atoms with van der Waals surface area (Å²) in [4.78, 5) is 8.96. The van der Waals surface area contributed by atoms with Crippen molar-refractivity contribution >= 4 is 22.4 Å². The molecule has 5 nitrogen and oxygen atoms in total. The molecule has 0 aliphatic rings. The molecule has 3 aromatic rings. The Bertz CT molecular complexity index is 945. The van der Waals surface area contributed by atoms with Gasteiger partial charge in [-0.05, 0) is 24.3 Å². The summed E-state index contributed by atoms with van der Waals surface area (Å²) in [6.45, 7) is 0. The highest BCUT2D eigenvalue weighted by Gasteiger charge is 2.36. The molecule has 0 N–H and O–H groups in total. The molecular weight excluding hydrogens is 347 g/mol. The molecule has 3 rings (SSSR count). The minimum Gasteiger partial charge on any atom is -0.493 e. The van der Waals surface area contributed by atoms with Crippen molar-refractivity contribution in [1.82, 2.24) is 9.97 Å². The third-order valence-corrected chi connectivity index (χ3v) is 3.91. The number of methoxy groups -OCH3 is 2. The Kier molecular flexibility index (Phi) is 4.58. The Labute approximate surface area is 148 Å². The highest BCUT2D eigenvalue weighted by Crippen LogP contribution is 2.37.